The Hall–Kier alpha value is -1.59. The van der Waals surface area contributed by atoms with Gasteiger partial charge in [0.1, 0.15) is 6.10 Å². The number of aliphatic hydroxyl groups is 2. The second-order valence-electron chi connectivity index (χ2n) is 3.54. The minimum atomic E-state index is -1.87. The predicted octanol–water partition coefficient (Wildman–Crippen LogP) is 0.310. The summed E-state index contributed by atoms with van der Waals surface area (Å²) in [5.74, 6) is -1.48. The number of nitrogen functional groups attached to an aromatic ring is 1. The summed E-state index contributed by atoms with van der Waals surface area (Å²) >= 11 is 0. The smallest absolute Gasteiger partial charge is 0.335 e. The van der Waals surface area contributed by atoms with Crippen LogP contribution in [0.1, 0.15) is 24.2 Å². The molecule has 0 aliphatic heterocycles. The molecular weight excluding hydrogens is 210 g/mol. The molecule has 1 aromatic carbocycles. The van der Waals surface area contributed by atoms with E-state index in [-0.39, 0.29) is 11.3 Å². The minimum absolute atomic E-state index is 0.245. The first kappa shape index (κ1) is 12.5. The van der Waals surface area contributed by atoms with Gasteiger partial charge in [0.15, 0.2) is 6.10 Å². The van der Waals surface area contributed by atoms with E-state index in [1.807, 2.05) is 6.92 Å². The van der Waals surface area contributed by atoms with Crippen molar-refractivity contribution in [3.8, 4) is 0 Å². The van der Waals surface area contributed by atoms with Gasteiger partial charge in [-0.15, -0.1) is 0 Å². The molecule has 5 N–H and O–H groups in total. The number of carbonyl (C=O) groups is 1. The predicted molar refractivity (Wildman–Crippen MR) is 58.8 cm³/mol. The molecule has 5 nitrogen and oxygen atoms in total. The molecule has 0 aliphatic carbocycles. The minimum Gasteiger partial charge on any atom is -0.479 e. The van der Waals surface area contributed by atoms with Crippen molar-refractivity contribution in [2.45, 2.75) is 25.6 Å². The molecule has 0 saturated heterocycles. The molecule has 0 amide bonds. The lowest BCUT2D eigenvalue weighted by Gasteiger charge is -2.17. The number of carboxylic acid groups (broad SMARTS) is 1. The number of aryl methyl sites for hydroxylation is 1. The van der Waals surface area contributed by atoms with Gasteiger partial charge in [-0.2, -0.15) is 0 Å². The van der Waals surface area contributed by atoms with E-state index in [4.69, 9.17) is 10.8 Å². The fourth-order valence-corrected chi connectivity index (χ4v) is 1.41. The topological polar surface area (TPSA) is 104 Å². The molecule has 2 atom stereocenters. The van der Waals surface area contributed by atoms with Crippen LogP contribution in [-0.4, -0.2) is 27.4 Å². The largest absolute Gasteiger partial charge is 0.479 e. The number of rotatable bonds is 4. The number of hydrogen-bond donors (Lipinski definition) is 4. The molecule has 0 radical (unpaired) electrons. The van der Waals surface area contributed by atoms with Crippen LogP contribution < -0.4 is 5.73 Å². The highest BCUT2D eigenvalue weighted by Crippen LogP contribution is 2.24. The van der Waals surface area contributed by atoms with Crippen LogP contribution in [0.25, 0.3) is 0 Å². The van der Waals surface area contributed by atoms with E-state index < -0.39 is 18.2 Å². The van der Waals surface area contributed by atoms with Crippen molar-refractivity contribution < 1.29 is 20.1 Å². The monoisotopic (exact) mass is 225 g/mol. The third-order valence-corrected chi connectivity index (χ3v) is 2.43. The van der Waals surface area contributed by atoms with Crippen LogP contribution in [-0.2, 0) is 11.2 Å². The summed E-state index contributed by atoms with van der Waals surface area (Å²) < 4.78 is 0. The fraction of sp³-hybridized carbons (Fsp3) is 0.364. The van der Waals surface area contributed by atoms with Gasteiger partial charge in [-0.05, 0) is 18.1 Å². The van der Waals surface area contributed by atoms with Crippen LogP contribution in [0.15, 0.2) is 18.2 Å². The summed E-state index contributed by atoms with van der Waals surface area (Å²) in [5, 5.41) is 27.5. The highest BCUT2D eigenvalue weighted by molar-refractivity contribution is 5.73. The Morgan fingerprint density at radius 1 is 1.44 bits per heavy atom. The lowest BCUT2D eigenvalue weighted by atomic mass is 9.99. The zero-order valence-corrected chi connectivity index (χ0v) is 8.92. The summed E-state index contributed by atoms with van der Waals surface area (Å²) in [6.45, 7) is 1.93. The van der Waals surface area contributed by atoms with Gasteiger partial charge in [-0.1, -0.05) is 19.1 Å². The molecular formula is C11H15NO4. The molecule has 5 heteroatoms. The number of benzene rings is 1. The number of aliphatic carboxylic acids is 1. The number of hydrogen-bond acceptors (Lipinski definition) is 4. The Labute approximate surface area is 93.1 Å². The van der Waals surface area contributed by atoms with Crippen molar-refractivity contribution in [2.24, 2.45) is 0 Å². The Balaban J connectivity index is 3.06. The molecule has 0 aliphatic rings. The molecule has 2 unspecified atom stereocenters. The molecule has 0 aromatic heterocycles. The summed E-state index contributed by atoms with van der Waals surface area (Å²) in [7, 11) is 0. The van der Waals surface area contributed by atoms with Gasteiger partial charge in [-0.25, -0.2) is 4.79 Å². The quantitative estimate of drug-likeness (QED) is 0.552. The van der Waals surface area contributed by atoms with E-state index in [9.17, 15) is 15.0 Å². The molecule has 88 valence electrons. The number of carboxylic acids is 1. The van der Waals surface area contributed by atoms with Crippen LogP contribution in [0, 0.1) is 0 Å². The van der Waals surface area contributed by atoms with Gasteiger partial charge in [-0.3, -0.25) is 0 Å². The maximum Gasteiger partial charge on any atom is 0.335 e. The Morgan fingerprint density at radius 2 is 2.06 bits per heavy atom. The Morgan fingerprint density at radius 3 is 2.56 bits per heavy atom. The maximum absolute atomic E-state index is 10.5. The fourth-order valence-electron chi connectivity index (χ4n) is 1.41. The molecule has 0 heterocycles. The molecule has 16 heavy (non-hydrogen) atoms. The van der Waals surface area contributed by atoms with Gasteiger partial charge in [0.25, 0.3) is 0 Å². The zero-order valence-electron chi connectivity index (χ0n) is 8.92. The van der Waals surface area contributed by atoms with Crippen LogP contribution >= 0.6 is 0 Å². The van der Waals surface area contributed by atoms with Crippen molar-refractivity contribution in [1.29, 1.82) is 0 Å². The van der Waals surface area contributed by atoms with E-state index in [1.54, 1.807) is 18.2 Å². The normalized spacial score (nSPS) is 14.4. The second kappa shape index (κ2) is 4.96. The summed E-state index contributed by atoms with van der Waals surface area (Å²) in [6, 6.07) is 4.98. The first-order valence-corrected chi connectivity index (χ1v) is 4.94. The summed E-state index contributed by atoms with van der Waals surface area (Å²) in [6.07, 6.45) is -2.64. The standard InChI is InChI=1S/C11H15NO4/c1-2-6-3-4-8(12)7(5-6)9(13)10(14)11(15)16/h3-5,9-10,13-14H,2,12H2,1H3,(H,15,16). The third-order valence-electron chi connectivity index (χ3n) is 2.43. The highest BCUT2D eigenvalue weighted by Gasteiger charge is 2.26. The Bertz CT molecular complexity index is 392. The van der Waals surface area contributed by atoms with E-state index >= 15 is 0 Å². The van der Waals surface area contributed by atoms with E-state index in [1.165, 1.54) is 0 Å². The molecule has 0 spiro atoms. The highest BCUT2D eigenvalue weighted by atomic mass is 16.4. The van der Waals surface area contributed by atoms with Gasteiger partial charge >= 0.3 is 5.97 Å². The van der Waals surface area contributed by atoms with Crippen molar-refractivity contribution in [1.82, 2.24) is 0 Å². The van der Waals surface area contributed by atoms with Crippen LogP contribution in [0.2, 0.25) is 0 Å². The van der Waals surface area contributed by atoms with Gasteiger partial charge in [0.05, 0.1) is 0 Å². The SMILES string of the molecule is CCc1ccc(N)c(C(O)C(O)C(=O)O)c1. The Kier molecular flexibility index (Phi) is 3.87. The van der Waals surface area contributed by atoms with Crippen LogP contribution in [0.4, 0.5) is 5.69 Å². The average Bonchev–Trinajstić information content (AvgIpc) is 2.27. The lowest BCUT2D eigenvalue weighted by molar-refractivity contribution is -0.153. The first-order valence-electron chi connectivity index (χ1n) is 4.94. The molecule has 1 aromatic rings. The number of anilines is 1. The van der Waals surface area contributed by atoms with Crippen molar-refractivity contribution in [3.05, 3.63) is 29.3 Å². The maximum atomic E-state index is 10.5. The van der Waals surface area contributed by atoms with Crippen molar-refractivity contribution >= 4 is 11.7 Å². The van der Waals surface area contributed by atoms with E-state index in [0.717, 1.165) is 12.0 Å². The van der Waals surface area contributed by atoms with Crippen molar-refractivity contribution in [2.75, 3.05) is 5.73 Å². The zero-order chi connectivity index (χ0) is 12.3. The van der Waals surface area contributed by atoms with Gasteiger partial charge in [0, 0.05) is 11.3 Å². The van der Waals surface area contributed by atoms with Gasteiger partial charge < -0.3 is 21.1 Å². The first-order chi connectivity index (χ1) is 7.47. The molecule has 0 bridgehead atoms. The van der Waals surface area contributed by atoms with Crippen LogP contribution in [0.5, 0.6) is 0 Å². The number of aliphatic hydroxyl groups excluding tert-OH is 2. The molecule has 1 rings (SSSR count). The lowest BCUT2D eigenvalue weighted by Crippen LogP contribution is -2.28. The second-order valence-corrected chi connectivity index (χ2v) is 3.54. The number of nitrogens with two attached hydrogens (primary N) is 1. The van der Waals surface area contributed by atoms with Crippen molar-refractivity contribution in [3.63, 3.8) is 0 Å². The molecule has 0 fully saturated rings. The van der Waals surface area contributed by atoms with Crippen LogP contribution in [0.3, 0.4) is 0 Å². The average molecular weight is 225 g/mol. The van der Waals surface area contributed by atoms with Gasteiger partial charge in [0.2, 0.25) is 0 Å². The summed E-state index contributed by atoms with van der Waals surface area (Å²) in [5.41, 5.74) is 7.05. The van der Waals surface area contributed by atoms with E-state index in [2.05, 4.69) is 0 Å². The third kappa shape index (κ3) is 2.50. The summed E-state index contributed by atoms with van der Waals surface area (Å²) in [4.78, 5) is 10.5. The van der Waals surface area contributed by atoms with E-state index in [0.29, 0.717) is 0 Å². The molecule has 0 saturated carbocycles.